The molecule has 0 heterocycles. The molecule has 6 heteroatoms. The van der Waals surface area contributed by atoms with Crippen LogP contribution in [0.1, 0.15) is 11.1 Å². The number of benzene rings is 2. The number of nitrogens with one attached hydrogen (secondary N) is 1. The number of anilines is 1. The smallest absolute Gasteiger partial charge is 0.161 e. The number of hydrogen-bond acceptors (Lipinski definition) is 2. The molecule has 0 saturated heterocycles. The Kier molecular flexibility index (Phi) is 4.52. The van der Waals surface area contributed by atoms with Gasteiger partial charge in [0.15, 0.2) is 11.6 Å². The van der Waals surface area contributed by atoms with Gasteiger partial charge in [0.1, 0.15) is 5.82 Å². The van der Waals surface area contributed by atoms with Gasteiger partial charge < -0.3 is 10.4 Å². The second kappa shape index (κ2) is 6.15. The molecule has 0 aliphatic rings. The maximum Gasteiger partial charge on any atom is 0.161 e. The molecule has 2 aromatic carbocycles. The second-order valence-electron chi connectivity index (χ2n) is 4.18. The zero-order valence-corrected chi connectivity index (χ0v) is 11.0. The van der Waals surface area contributed by atoms with Gasteiger partial charge in [0.2, 0.25) is 0 Å². The molecular weight excluding hydrogens is 291 g/mol. The highest BCUT2D eigenvalue weighted by Gasteiger charge is 2.10. The minimum Gasteiger partial charge on any atom is -0.392 e. The van der Waals surface area contributed by atoms with Gasteiger partial charge in [-0.15, -0.1) is 0 Å². The van der Waals surface area contributed by atoms with Gasteiger partial charge in [-0.1, -0.05) is 17.7 Å². The molecular formula is C14H11ClF3NO. The van der Waals surface area contributed by atoms with Crippen molar-refractivity contribution in [1.29, 1.82) is 0 Å². The Morgan fingerprint density at radius 1 is 1.00 bits per heavy atom. The molecule has 20 heavy (non-hydrogen) atoms. The van der Waals surface area contributed by atoms with Crippen molar-refractivity contribution in [3.8, 4) is 0 Å². The Labute approximate surface area is 118 Å². The van der Waals surface area contributed by atoms with Gasteiger partial charge in [0, 0.05) is 18.2 Å². The summed E-state index contributed by atoms with van der Waals surface area (Å²) in [6.45, 7) is -0.219. The molecule has 0 atom stereocenters. The van der Waals surface area contributed by atoms with Gasteiger partial charge in [-0.05, 0) is 23.8 Å². The van der Waals surface area contributed by atoms with Crippen LogP contribution in [0.3, 0.4) is 0 Å². The lowest BCUT2D eigenvalue weighted by atomic mass is 10.1. The minimum absolute atomic E-state index is 0.0191. The molecule has 2 rings (SSSR count). The number of aliphatic hydroxyl groups excluding tert-OH is 1. The molecule has 2 N–H and O–H groups in total. The Bertz CT molecular complexity index is 634. The van der Waals surface area contributed by atoms with Gasteiger partial charge in [-0.2, -0.15) is 0 Å². The third kappa shape index (κ3) is 3.23. The van der Waals surface area contributed by atoms with Crippen molar-refractivity contribution in [2.24, 2.45) is 0 Å². The maximum atomic E-state index is 13.5. The number of hydrogen-bond donors (Lipinski definition) is 2. The minimum atomic E-state index is -1.23. The maximum absolute atomic E-state index is 13.5. The van der Waals surface area contributed by atoms with E-state index in [9.17, 15) is 13.2 Å². The summed E-state index contributed by atoms with van der Waals surface area (Å²) in [5.41, 5.74) is 1.08. The van der Waals surface area contributed by atoms with E-state index in [2.05, 4.69) is 5.32 Å². The van der Waals surface area contributed by atoms with E-state index >= 15 is 0 Å². The lowest BCUT2D eigenvalue weighted by Crippen LogP contribution is -2.04. The van der Waals surface area contributed by atoms with Gasteiger partial charge in [0.25, 0.3) is 0 Å². The molecule has 0 saturated carbocycles. The first-order chi connectivity index (χ1) is 9.51. The number of halogens is 4. The summed E-state index contributed by atoms with van der Waals surface area (Å²) in [5.74, 6) is -3.18. The van der Waals surface area contributed by atoms with Crippen molar-refractivity contribution in [2.45, 2.75) is 13.2 Å². The van der Waals surface area contributed by atoms with E-state index < -0.39 is 17.5 Å². The molecule has 0 radical (unpaired) electrons. The summed E-state index contributed by atoms with van der Waals surface area (Å²) < 4.78 is 39.3. The Hall–Kier alpha value is -1.72. The third-order valence-corrected chi connectivity index (χ3v) is 3.10. The summed E-state index contributed by atoms with van der Waals surface area (Å²) in [7, 11) is 0. The highest BCUT2D eigenvalue weighted by Crippen LogP contribution is 2.24. The first-order valence-electron chi connectivity index (χ1n) is 5.78. The summed E-state index contributed by atoms with van der Waals surface area (Å²) >= 11 is 5.94. The van der Waals surface area contributed by atoms with Crippen LogP contribution in [0.15, 0.2) is 30.3 Å². The normalized spacial score (nSPS) is 10.7. The molecule has 2 aromatic rings. The van der Waals surface area contributed by atoms with Crippen LogP contribution >= 0.6 is 11.6 Å². The predicted molar refractivity (Wildman–Crippen MR) is 71.0 cm³/mol. The van der Waals surface area contributed by atoms with Crippen LogP contribution in [0.4, 0.5) is 18.9 Å². The fourth-order valence-electron chi connectivity index (χ4n) is 1.70. The molecule has 0 bridgehead atoms. The highest BCUT2D eigenvalue weighted by molar-refractivity contribution is 6.33. The van der Waals surface area contributed by atoms with Crippen LogP contribution in [0.25, 0.3) is 0 Å². The fraction of sp³-hybridized carbons (Fsp3) is 0.143. The molecule has 106 valence electrons. The van der Waals surface area contributed by atoms with Crippen LogP contribution in [0.2, 0.25) is 5.02 Å². The molecule has 0 spiro atoms. The quantitative estimate of drug-likeness (QED) is 0.841. The number of rotatable bonds is 4. The van der Waals surface area contributed by atoms with Gasteiger partial charge in [-0.3, -0.25) is 0 Å². The Morgan fingerprint density at radius 2 is 1.70 bits per heavy atom. The van der Waals surface area contributed by atoms with Crippen molar-refractivity contribution in [3.05, 3.63) is 63.9 Å². The standard InChI is InChI=1S/C14H11ClF3NO/c15-10-2-1-8(7-20)3-14(10)19-6-9-4-12(17)13(18)5-11(9)16/h1-5,19-20H,6-7H2. The van der Waals surface area contributed by atoms with Crippen molar-refractivity contribution in [3.63, 3.8) is 0 Å². The second-order valence-corrected chi connectivity index (χ2v) is 4.59. The van der Waals surface area contributed by atoms with Crippen molar-refractivity contribution in [2.75, 3.05) is 5.32 Å². The average Bonchev–Trinajstić information content (AvgIpc) is 2.43. The van der Waals surface area contributed by atoms with E-state index in [1.807, 2.05) is 0 Å². The average molecular weight is 302 g/mol. The van der Waals surface area contributed by atoms with Crippen molar-refractivity contribution < 1.29 is 18.3 Å². The van der Waals surface area contributed by atoms with E-state index in [1.165, 1.54) is 0 Å². The molecule has 0 aliphatic carbocycles. The van der Waals surface area contributed by atoms with E-state index in [0.29, 0.717) is 22.3 Å². The van der Waals surface area contributed by atoms with E-state index in [0.717, 1.165) is 6.07 Å². The topological polar surface area (TPSA) is 32.3 Å². The largest absolute Gasteiger partial charge is 0.392 e. The molecule has 2 nitrogen and oxygen atoms in total. The molecule has 0 fully saturated rings. The van der Waals surface area contributed by atoms with Gasteiger partial charge in [0.05, 0.1) is 17.3 Å². The fourth-order valence-corrected chi connectivity index (χ4v) is 1.88. The van der Waals surface area contributed by atoms with Crippen molar-refractivity contribution >= 4 is 17.3 Å². The Morgan fingerprint density at radius 3 is 2.40 bits per heavy atom. The first kappa shape index (κ1) is 14.7. The summed E-state index contributed by atoms with van der Waals surface area (Å²) in [6.07, 6.45) is 0. The third-order valence-electron chi connectivity index (χ3n) is 2.77. The van der Waals surface area contributed by atoms with E-state index in [4.69, 9.17) is 16.7 Å². The van der Waals surface area contributed by atoms with E-state index in [1.54, 1.807) is 18.2 Å². The highest BCUT2D eigenvalue weighted by atomic mass is 35.5. The lowest BCUT2D eigenvalue weighted by molar-refractivity contribution is 0.282. The summed E-state index contributed by atoms with van der Waals surface area (Å²) in [4.78, 5) is 0. The SMILES string of the molecule is OCc1ccc(Cl)c(NCc2cc(F)c(F)cc2F)c1. The van der Waals surface area contributed by atoms with Crippen LogP contribution in [0, 0.1) is 17.5 Å². The molecule has 0 amide bonds. The van der Waals surface area contributed by atoms with Crippen LogP contribution in [-0.2, 0) is 13.2 Å². The number of aliphatic hydroxyl groups is 1. The van der Waals surface area contributed by atoms with Crippen LogP contribution < -0.4 is 5.32 Å². The zero-order valence-electron chi connectivity index (χ0n) is 10.3. The molecule has 0 aliphatic heterocycles. The van der Waals surface area contributed by atoms with Gasteiger partial charge >= 0.3 is 0 Å². The zero-order chi connectivity index (χ0) is 14.7. The monoisotopic (exact) mass is 301 g/mol. The summed E-state index contributed by atoms with van der Waals surface area (Å²) in [6, 6.07) is 6.11. The Balaban J connectivity index is 2.18. The van der Waals surface area contributed by atoms with Crippen LogP contribution in [-0.4, -0.2) is 5.11 Å². The van der Waals surface area contributed by atoms with Crippen LogP contribution in [0.5, 0.6) is 0 Å². The van der Waals surface area contributed by atoms with Gasteiger partial charge in [-0.25, -0.2) is 13.2 Å². The van der Waals surface area contributed by atoms with E-state index in [-0.39, 0.29) is 18.7 Å². The lowest BCUT2D eigenvalue weighted by Gasteiger charge is -2.11. The first-order valence-corrected chi connectivity index (χ1v) is 6.15. The predicted octanol–water partition coefficient (Wildman–Crippen LogP) is 3.86. The summed E-state index contributed by atoms with van der Waals surface area (Å²) in [5, 5.41) is 12.2. The van der Waals surface area contributed by atoms with Crippen molar-refractivity contribution in [1.82, 2.24) is 0 Å². The molecule has 0 aromatic heterocycles. The molecule has 0 unspecified atom stereocenters.